The highest BCUT2D eigenvalue weighted by molar-refractivity contribution is 6.21. The van der Waals surface area contributed by atoms with Crippen molar-refractivity contribution in [3.63, 3.8) is 0 Å². The molecule has 132 valence electrons. The zero-order chi connectivity index (χ0) is 18.7. The molecule has 0 saturated carbocycles. The van der Waals surface area contributed by atoms with Crippen molar-refractivity contribution >= 4 is 29.4 Å². The molecule has 8 heteroatoms. The molecule has 0 saturated heterocycles. The number of carbonyl (C=O) groups excluding carboxylic acids is 4. The number of nitrogens with zero attached hydrogens (tertiary/aromatic N) is 1. The molecule has 26 heavy (non-hydrogen) atoms. The highest BCUT2D eigenvalue weighted by Gasteiger charge is 2.34. The van der Waals surface area contributed by atoms with E-state index in [0.717, 1.165) is 4.90 Å². The maximum absolute atomic E-state index is 12.2. The summed E-state index contributed by atoms with van der Waals surface area (Å²) in [4.78, 5) is 48.8. The second-order valence-electron chi connectivity index (χ2n) is 5.60. The molecular weight excluding hydrogens is 336 g/mol. The number of rotatable bonds is 5. The Morgan fingerprint density at radius 1 is 0.923 bits per heavy atom. The van der Waals surface area contributed by atoms with Gasteiger partial charge in [0.25, 0.3) is 17.7 Å². The third-order valence-corrected chi connectivity index (χ3v) is 3.94. The standard InChI is InChI=1S/C18H16N4O4/c19-15(23)13-7-3-4-8-14(13)21-18(26)20-9-10-22-16(24)11-5-1-2-6-12(11)17(22)25/h1-8H,9-10H2,(H2,19,23)(H2,20,21,26). The average molecular weight is 352 g/mol. The SMILES string of the molecule is NC(=O)c1ccccc1NC(=O)NCCN1C(=O)c2ccccc2C1=O. The molecule has 1 aliphatic heterocycles. The zero-order valence-electron chi connectivity index (χ0n) is 13.7. The molecule has 0 unspecified atom stereocenters. The van der Waals surface area contributed by atoms with Crippen LogP contribution in [-0.2, 0) is 0 Å². The van der Waals surface area contributed by atoms with Crippen LogP contribution in [0.5, 0.6) is 0 Å². The van der Waals surface area contributed by atoms with Gasteiger partial charge in [-0.15, -0.1) is 0 Å². The van der Waals surface area contributed by atoms with Crippen molar-refractivity contribution in [3.8, 4) is 0 Å². The number of para-hydroxylation sites is 1. The summed E-state index contributed by atoms with van der Waals surface area (Å²) in [7, 11) is 0. The van der Waals surface area contributed by atoms with Crippen LogP contribution in [0.3, 0.4) is 0 Å². The molecule has 4 N–H and O–H groups in total. The van der Waals surface area contributed by atoms with Gasteiger partial charge in [0.2, 0.25) is 0 Å². The van der Waals surface area contributed by atoms with Crippen molar-refractivity contribution in [3.05, 3.63) is 65.2 Å². The fraction of sp³-hybridized carbons (Fsp3) is 0.111. The van der Waals surface area contributed by atoms with Crippen LogP contribution in [-0.4, -0.2) is 41.7 Å². The third kappa shape index (κ3) is 3.25. The van der Waals surface area contributed by atoms with Crippen LogP contribution in [0.1, 0.15) is 31.1 Å². The van der Waals surface area contributed by atoms with Crippen LogP contribution in [0.2, 0.25) is 0 Å². The van der Waals surface area contributed by atoms with Gasteiger partial charge in [0.05, 0.1) is 22.4 Å². The van der Waals surface area contributed by atoms with Gasteiger partial charge in [-0.1, -0.05) is 24.3 Å². The predicted octanol–water partition coefficient (Wildman–Crippen LogP) is 1.20. The number of hydrogen-bond donors (Lipinski definition) is 3. The van der Waals surface area contributed by atoms with E-state index in [9.17, 15) is 19.2 Å². The molecule has 2 aromatic rings. The Morgan fingerprint density at radius 2 is 1.50 bits per heavy atom. The summed E-state index contributed by atoms with van der Waals surface area (Å²) in [5.74, 6) is -1.43. The van der Waals surface area contributed by atoms with Crippen molar-refractivity contribution in [2.45, 2.75) is 0 Å². The maximum Gasteiger partial charge on any atom is 0.319 e. The maximum atomic E-state index is 12.2. The minimum Gasteiger partial charge on any atom is -0.366 e. The number of hydrogen-bond acceptors (Lipinski definition) is 4. The number of benzene rings is 2. The van der Waals surface area contributed by atoms with Crippen molar-refractivity contribution in [2.24, 2.45) is 5.73 Å². The number of primary amides is 1. The number of imide groups is 1. The molecule has 0 fully saturated rings. The normalized spacial score (nSPS) is 12.7. The quantitative estimate of drug-likeness (QED) is 0.700. The van der Waals surface area contributed by atoms with Crippen molar-refractivity contribution in [1.82, 2.24) is 10.2 Å². The average Bonchev–Trinajstić information content (AvgIpc) is 2.87. The lowest BCUT2D eigenvalue weighted by atomic mass is 10.1. The first-order valence-electron chi connectivity index (χ1n) is 7.88. The molecule has 1 aliphatic rings. The smallest absolute Gasteiger partial charge is 0.319 e. The Labute approximate surface area is 149 Å². The summed E-state index contributed by atoms with van der Waals surface area (Å²) in [5, 5.41) is 5.06. The molecule has 8 nitrogen and oxygen atoms in total. The summed E-state index contributed by atoms with van der Waals surface area (Å²) < 4.78 is 0. The highest BCUT2D eigenvalue weighted by Crippen LogP contribution is 2.21. The molecule has 3 rings (SSSR count). The second kappa shape index (κ2) is 7.06. The summed E-state index contributed by atoms with van der Waals surface area (Å²) in [6.07, 6.45) is 0. The Balaban J connectivity index is 1.56. The monoisotopic (exact) mass is 352 g/mol. The van der Waals surface area contributed by atoms with Gasteiger partial charge in [-0.2, -0.15) is 0 Å². The molecule has 0 radical (unpaired) electrons. The van der Waals surface area contributed by atoms with E-state index in [-0.39, 0.29) is 36.2 Å². The van der Waals surface area contributed by atoms with Crippen LogP contribution >= 0.6 is 0 Å². The molecule has 0 spiro atoms. The van der Waals surface area contributed by atoms with Gasteiger partial charge in [0.1, 0.15) is 0 Å². The lowest BCUT2D eigenvalue weighted by Gasteiger charge is -2.15. The molecule has 2 aromatic carbocycles. The molecule has 0 aliphatic carbocycles. The largest absolute Gasteiger partial charge is 0.366 e. The number of urea groups is 1. The van der Waals surface area contributed by atoms with Crippen molar-refractivity contribution in [2.75, 3.05) is 18.4 Å². The topological polar surface area (TPSA) is 122 Å². The molecule has 5 amide bonds. The van der Waals surface area contributed by atoms with Gasteiger partial charge in [-0.25, -0.2) is 4.79 Å². The predicted molar refractivity (Wildman–Crippen MR) is 93.8 cm³/mol. The zero-order valence-corrected chi connectivity index (χ0v) is 13.7. The van der Waals surface area contributed by atoms with E-state index in [2.05, 4.69) is 10.6 Å². The Morgan fingerprint density at radius 3 is 2.12 bits per heavy atom. The highest BCUT2D eigenvalue weighted by atomic mass is 16.2. The van der Waals surface area contributed by atoms with Crippen LogP contribution in [0.15, 0.2) is 48.5 Å². The van der Waals surface area contributed by atoms with Crippen LogP contribution in [0.4, 0.5) is 10.5 Å². The van der Waals surface area contributed by atoms with Gasteiger partial charge < -0.3 is 16.4 Å². The van der Waals surface area contributed by atoms with E-state index >= 15 is 0 Å². The Hall–Kier alpha value is -3.68. The van der Waals surface area contributed by atoms with E-state index in [0.29, 0.717) is 11.1 Å². The van der Waals surface area contributed by atoms with E-state index in [1.165, 1.54) is 6.07 Å². The van der Waals surface area contributed by atoms with E-state index in [1.807, 2.05) is 0 Å². The van der Waals surface area contributed by atoms with Gasteiger partial charge in [0, 0.05) is 13.1 Å². The molecule has 0 bridgehead atoms. The molecule has 0 atom stereocenters. The van der Waals surface area contributed by atoms with Crippen LogP contribution in [0, 0.1) is 0 Å². The molecular formula is C18H16N4O4. The number of amides is 5. The first-order valence-corrected chi connectivity index (χ1v) is 7.88. The number of anilines is 1. The summed E-state index contributed by atoms with van der Waals surface area (Å²) in [6.45, 7) is 0.104. The van der Waals surface area contributed by atoms with E-state index in [1.54, 1.807) is 42.5 Å². The first-order chi connectivity index (χ1) is 12.5. The summed E-state index contributed by atoms with van der Waals surface area (Å²) in [6, 6.07) is 12.3. The fourth-order valence-electron chi connectivity index (χ4n) is 2.70. The summed E-state index contributed by atoms with van der Waals surface area (Å²) >= 11 is 0. The minimum atomic E-state index is -0.660. The number of fused-ring (bicyclic) bond motifs is 1. The van der Waals surface area contributed by atoms with Crippen LogP contribution in [0.25, 0.3) is 0 Å². The van der Waals surface area contributed by atoms with Crippen molar-refractivity contribution < 1.29 is 19.2 Å². The number of carbonyl (C=O) groups is 4. The third-order valence-electron chi connectivity index (χ3n) is 3.94. The van der Waals surface area contributed by atoms with Gasteiger partial charge in [-0.3, -0.25) is 19.3 Å². The van der Waals surface area contributed by atoms with Gasteiger partial charge in [-0.05, 0) is 24.3 Å². The Bertz CT molecular complexity index is 875. The number of nitrogens with one attached hydrogen (secondary N) is 2. The molecule has 0 aromatic heterocycles. The summed E-state index contributed by atoms with van der Waals surface area (Å²) in [5.41, 5.74) is 6.43. The van der Waals surface area contributed by atoms with Gasteiger partial charge >= 0.3 is 6.03 Å². The lowest BCUT2D eigenvalue weighted by Crippen LogP contribution is -2.39. The van der Waals surface area contributed by atoms with Crippen molar-refractivity contribution in [1.29, 1.82) is 0 Å². The van der Waals surface area contributed by atoms with E-state index in [4.69, 9.17) is 5.73 Å². The Kier molecular flexibility index (Phi) is 4.66. The number of nitrogens with two attached hydrogens (primary N) is 1. The first kappa shape index (κ1) is 17.2. The molecule has 1 heterocycles. The lowest BCUT2D eigenvalue weighted by molar-refractivity contribution is 0.0655. The minimum absolute atomic E-state index is 0.0389. The van der Waals surface area contributed by atoms with E-state index < -0.39 is 11.9 Å². The second-order valence-corrected chi connectivity index (χ2v) is 5.60. The fourth-order valence-corrected chi connectivity index (χ4v) is 2.70. The van der Waals surface area contributed by atoms with Gasteiger partial charge in [0.15, 0.2) is 0 Å². The van der Waals surface area contributed by atoms with Crippen LogP contribution < -0.4 is 16.4 Å².